The maximum atomic E-state index is 13.6. The van der Waals surface area contributed by atoms with E-state index in [1.807, 2.05) is 30.3 Å². The summed E-state index contributed by atoms with van der Waals surface area (Å²) in [7, 11) is 0. The van der Waals surface area contributed by atoms with Gasteiger partial charge in [-0.2, -0.15) is 0 Å². The van der Waals surface area contributed by atoms with E-state index in [1.165, 1.54) is 24.8 Å². The highest BCUT2D eigenvalue weighted by Gasteiger charge is 2.12. The zero-order valence-corrected chi connectivity index (χ0v) is 10.8. The van der Waals surface area contributed by atoms with Crippen molar-refractivity contribution in [1.29, 1.82) is 0 Å². The fourth-order valence-electron chi connectivity index (χ4n) is 1.70. The van der Waals surface area contributed by atoms with Gasteiger partial charge in [0.1, 0.15) is 5.82 Å². The molecule has 2 aromatic rings. The molecule has 0 saturated heterocycles. The van der Waals surface area contributed by atoms with Crippen molar-refractivity contribution in [2.45, 2.75) is 17.6 Å². The average molecular weight is 260 g/mol. The van der Waals surface area contributed by atoms with Gasteiger partial charge in [0.05, 0.1) is 5.56 Å². The number of Topliss-reactive ketones (excluding diaryl/α,β-unsaturated/α-hetero) is 1. The van der Waals surface area contributed by atoms with E-state index in [0.29, 0.717) is 4.90 Å². The van der Waals surface area contributed by atoms with Gasteiger partial charge in [-0.3, -0.25) is 4.79 Å². The second-order valence-electron chi connectivity index (χ2n) is 3.94. The van der Waals surface area contributed by atoms with Gasteiger partial charge in [-0.15, -0.1) is 11.8 Å². The third-order valence-corrected chi connectivity index (χ3v) is 3.69. The van der Waals surface area contributed by atoms with Crippen LogP contribution in [0.5, 0.6) is 0 Å². The lowest BCUT2D eigenvalue weighted by molar-refractivity contribution is 0.101. The van der Waals surface area contributed by atoms with Crippen molar-refractivity contribution in [2.24, 2.45) is 0 Å². The lowest BCUT2D eigenvalue weighted by atomic mass is 10.1. The molecule has 92 valence electrons. The normalized spacial score (nSPS) is 10.3. The number of carbonyl (C=O) groups is 1. The summed E-state index contributed by atoms with van der Waals surface area (Å²) >= 11 is 1.48. The van der Waals surface area contributed by atoms with E-state index in [9.17, 15) is 9.18 Å². The number of hydrogen-bond acceptors (Lipinski definition) is 2. The fourth-order valence-corrected chi connectivity index (χ4v) is 2.78. The van der Waals surface area contributed by atoms with Crippen LogP contribution in [0.25, 0.3) is 0 Å². The molecule has 0 aliphatic carbocycles. The summed E-state index contributed by atoms with van der Waals surface area (Å²) in [6.07, 6.45) is 0. The average Bonchev–Trinajstić information content (AvgIpc) is 2.37. The van der Waals surface area contributed by atoms with Crippen LogP contribution in [0.1, 0.15) is 22.8 Å². The quantitative estimate of drug-likeness (QED) is 0.601. The molecular formula is C15H13FOS. The van der Waals surface area contributed by atoms with Gasteiger partial charge in [-0.05, 0) is 24.6 Å². The van der Waals surface area contributed by atoms with Crippen LogP contribution >= 0.6 is 11.8 Å². The Hall–Kier alpha value is -1.61. The molecule has 2 rings (SSSR count). The van der Waals surface area contributed by atoms with Gasteiger partial charge in [0.15, 0.2) is 5.78 Å². The third kappa shape index (κ3) is 2.99. The van der Waals surface area contributed by atoms with Gasteiger partial charge < -0.3 is 0 Å². The standard InChI is InChI=1S/C15H13FOS/c1-11(17)15-13(16)8-5-9-14(15)18-10-12-6-3-2-4-7-12/h2-9H,10H2,1H3. The van der Waals surface area contributed by atoms with Crippen molar-refractivity contribution in [3.63, 3.8) is 0 Å². The highest BCUT2D eigenvalue weighted by atomic mass is 32.2. The monoisotopic (exact) mass is 260 g/mol. The van der Waals surface area contributed by atoms with Gasteiger partial charge in [-0.1, -0.05) is 36.4 Å². The number of rotatable bonds is 4. The van der Waals surface area contributed by atoms with E-state index in [1.54, 1.807) is 12.1 Å². The Morgan fingerprint density at radius 1 is 1.11 bits per heavy atom. The predicted octanol–water partition coefficient (Wildman–Crippen LogP) is 4.32. The van der Waals surface area contributed by atoms with E-state index in [0.717, 1.165) is 11.3 Å². The molecule has 0 saturated carbocycles. The first-order valence-corrected chi connectivity index (χ1v) is 6.63. The molecule has 0 N–H and O–H groups in total. The Bertz CT molecular complexity index is 552. The largest absolute Gasteiger partial charge is 0.294 e. The number of carbonyl (C=O) groups excluding carboxylic acids is 1. The number of benzene rings is 2. The Morgan fingerprint density at radius 3 is 2.50 bits per heavy atom. The second kappa shape index (κ2) is 5.83. The highest BCUT2D eigenvalue weighted by Crippen LogP contribution is 2.28. The number of halogens is 1. The predicted molar refractivity (Wildman–Crippen MR) is 72.4 cm³/mol. The van der Waals surface area contributed by atoms with Gasteiger partial charge in [0, 0.05) is 10.6 Å². The molecule has 2 aromatic carbocycles. The van der Waals surface area contributed by atoms with Crippen molar-refractivity contribution in [3.8, 4) is 0 Å². The van der Waals surface area contributed by atoms with Crippen molar-refractivity contribution < 1.29 is 9.18 Å². The van der Waals surface area contributed by atoms with Crippen LogP contribution in [-0.2, 0) is 5.75 Å². The van der Waals surface area contributed by atoms with Gasteiger partial charge in [0.2, 0.25) is 0 Å². The summed E-state index contributed by atoms with van der Waals surface area (Å²) in [6, 6.07) is 14.7. The molecule has 0 fully saturated rings. The molecule has 0 amide bonds. The summed E-state index contributed by atoms with van der Waals surface area (Å²) in [5.74, 6) is 0.0501. The molecule has 18 heavy (non-hydrogen) atoms. The molecule has 0 bridgehead atoms. The van der Waals surface area contributed by atoms with Crippen LogP contribution < -0.4 is 0 Å². The van der Waals surface area contributed by atoms with Gasteiger partial charge >= 0.3 is 0 Å². The summed E-state index contributed by atoms with van der Waals surface area (Å²) < 4.78 is 13.6. The van der Waals surface area contributed by atoms with Gasteiger partial charge in [0.25, 0.3) is 0 Å². The van der Waals surface area contributed by atoms with Crippen molar-refractivity contribution in [2.75, 3.05) is 0 Å². The molecule has 0 aromatic heterocycles. The van der Waals surface area contributed by atoms with Crippen LogP contribution in [0.2, 0.25) is 0 Å². The van der Waals surface area contributed by atoms with Crippen molar-refractivity contribution >= 4 is 17.5 Å². The van der Waals surface area contributed by atoms with Crippen LogP contribution in [0.4, 0.5) is 4.39 Å². The molecule has 1 nitrogen and oxygen atoms in total. The Kier molecular flexibility index (Phi) is 4.15. The first-order chi connectivity index (χ1) is 8.68. The fraction of sp³-hybridized carbons (Fsp3) is 0.133. The Labute approximate surface area is 110 Å². The molecule has 0 aliphatic heterocycles. The van der Waals surface area contributed by atoms with E-state index in [-0.39, 0.29) is 11.3 Å². The minimum absolute atomic E-state index is 0.193. The van der Waals surface area contributed by atoms with E-state index in [4.69, 9.17) is 0 Å². The molecule has 0 unspecified atom stereocenters. The SMILES string of the molecule is CC(=O)c1c(F)cccc1SCc1ccccc1. The smallest absolute Gasteiger partial charge is 0.163 e. The molecule has 0 heterocycles. The minimum Gasteiger partial charge on any atom is -0.294 e. The van der Waals surface area contributed by atoms with Crippen molar-refractivity contribution in [1.82, 2.24) is 0 Å². The molecular weight excluding hydrogens is 247 g/mol. The van der Waals surface area contributed by atoms with Crippen LogP contribution in [0.3, 0.4) is 0 Å². The number of thioether (sulfide) groups is 1. The topological polar surface area (TPSA) is 17.1 Å². The van der Waals surface area contributed by atoms with Gasteiger partial charge in [-0.25, -0.2) is 4.39 Å². The molecule has 3 heteroatoms. The first kappa shape index (κ1) is 12.8. The molecule has 0 spiro atoms. The van der Waals surface area contributed by atoms with Crippen LogP contribution in [-0.4, -0.2) is 5.78 Å². The summed E-state index contributed by atoms with van der Waals surface area (Å²) in [5.41, 5.74) is 1.35. The summed E-state index contributed by atoms with van der Waals surface area (Å²) in [4.78, 5) is 12.1. The van der Waals surface area contributed by atoms with E-state index in [2.05, 4.69) is 0 Å². The lowest BCUT2D eigenvalue weighted by Crippen LogP contribution is -1.99. The van der Waals surface area contributed by atoms with E-state index >= 15 is 0 Å². The zero-order chi connectivity index (χ0) is 13.0. The lowest BCUT2D eigenvalue weighted by Gasteiger charge is -2.07. The van der Waals surface area contributed by atoms with Crippen molar-refractivity contribution in [3.05, 3.63) is 65.5 Å². The molecule has 0 atom stereocenters. The Balaban J connectivity index is 2.20. The summed E-state index contributed by atoms with van der Waals surface area (Å²) in [5, 5.41) is 0. The zero-order valence-electron chi connectivity index (χ0n) is 10.0. The van der Waals surface area contributed by atoms with Crippen LogP contribution in [0.15, 0.2) is 53.4 Å². The maximum Gasteiger partial charge on any atom is 0.163 e. The minimum atomic E-state index is -0.444. The van der Waals surface area contributed by atoms with E-state index < -0.39 is 5.82 Å². The second-order valence-corrected chi connectivity index (χ2v) is 4.96. The summed E-state index contributed by atoms with van der Waals surface area (Å²) in [6.45, 7) is 1.39. The first-order valence-electron chi connectivity index (χ1n) is 5.64. The number of ketones is 1. The maximum absolute atomic E-state index is 13.6. The molecule has 0 aliphatic rings. The highest BCUT2D eigenvalue weighted by molar-refractivity contribution is 7.98. The number of hydrogen-bond donors (Lipinski definition) is 0. The molecule has 0 radical (unpaired) electrons. The third-order valence-electron chi connectivity index (χ3n) is 2.56. The van der Waals surface area contributed by atoms with Crippen LogP contribution in [0, 0.1) is 5.82 Å². The Morgan fingerprint density at radius 2 is 1.83 bits per heavy atom.